The van der Waals surface area contributed by atoms with E-state index < -0.39 is 5.91 Å². The van der Waals surface area contributed by atoms with Gasteiger partial charge in [0.05, 0.1) is 12.1 Å². The molecule has 1 aromatic heterocycles. The molecular weight excluding hydrogens is 298 g/mol. The van der Waals surface area contributed by atoms with Gasteiger partial charge in [-0.15, -0.1) is 5.10 Å². The van der Waals surface area contributed by atoms with Gasteiger partial charge in [0.1, 0.15) is 12.4 Å². The van der Waals surface area contributed by atoms with E-state index >= 15 is 0 Å². The number of aromatic nitrogens is 3. The summed E-state index contributed by atoms with van der Waals surface area (Å²) in [4.78, 5) is 29.5. The normalized spacial score (nSPS) is 28.0. The lowest BCUT2D eigenvalue weighted by molar-refractivity contribution is -0.144. The van der Waals surface area contributed by atoms with Crippen LogP contribution in [-0.2, 0) is 9.53 Å². The summed E-state index contributed by atoms with van der Waals surface area (Å²) in [5.74, 6) is -0.559. The SMILES string of the molecule is CC[C@@H]1CC[C@@H](C(=O)N2CCC[C@H](n3cnc(C(N)=O)n3)C2)O1. The van der Waals surface area contributed by atoms with Gasteiger partial charge in [0, 0.05) is 13.1 Å². The summed E-state index contributed by atoms with van der Waals surface area (Å²) in [6.07, 6.45) is 5.90. The Kier molecular flexibility index (Phi) is 4.61. The summed E-state index contributed by atoms with van der Waals surface area (Å²) < 4.78 is 7.46. The molecule has 2 saturated heterocycles. The maximum atomic E-state index is 12.6. The van der Waals surface area contributed by atoms with E-state index in [9.17, 15) is 9.59 Å². The fourth-order valence-electron chi connectivity index (χ4n) is 3.33. The van der Waals surface area contributed by atoms with Crippen LogP contribution in [0.1, 0.15) is 55.7 Å². The van der Waals surface area contributed by atoms with Crippen molar-refractivity contribution in [2.75, 3.05) is 13.1 Å². The summed E-state index contributed by atoms with van der Waals surface area (Å²) in [6, 6.07) is 0.0247. The number of ether oxygens (including phenoxy) is 1. The van der Waals surface area contributed by atoms with Crippen LogP contribution in [0, 0.1) is 0 Å². The van der Waals surface area contributed by atoms with Gasteiger partial charge in [-0.1, -0.05) is 6.92 Å². The van der Waals surface area contributed by atoms with Crippen molar-refractivity contribution in [2.45, 2.75) is 57.3 Å². The predicted molar refractivity (Wildman–Crippen MR) is 81.6 cm³/mol. The Balaban J connectivity index is 1.63. The molecule has 2 amide bonds. The molecule has 2 N–H and O–H groups in total. The molecule has 3 heterocycles. The second-order valence-electron chi connectivity index (χ2n) is 6.23. The second-order valence-corrected chi connectivity index (χ2v) is 6.23. The van der Waals surface area contributed by atoms with E-state index in [0.29, 0.717) is 6.54 Å². The summed E-state index contributed by atoms with van der Waals surface area (Å²) in [6.45, 7) is 3.38. The lowest BCUT2D eigenvalue weighted by atomic mass is 10.0. The van der Waals surface area contributed by atoms with Crippen LogP contribution in [0.25, 0.3) is 0 Å². The van der Waals surface area contributed by atoms with Gasteiger partial charge < -0.3 is 15.4 Å². The Labute approximate surface area is 135 Å². The third-order valence-electron chi connectivity index (χ3n) is 4.65. The van der Waals surface area contributed by atoms with Crippen molar-refractivity contribution in [2.24, 2.45) is 5.73 Å². The highest BCUT2D eigenvalue weighted by atomic mass is 16.5. The van der Waals surface area contributed by atoms with Crippen LogP contribution in [0.5, 0.6) is 0 Å². The van der Waals surface area contributed by atoms with Crippen LogP contribution in [0.4, 0.5) is 0 Å². The lowest BCUT2D eigenvalue weighted by Crippen LogP contribution is -2.45. The van der Waals surface area contributed by atoms with E-state index in [1.807, 2.05) is 4.90 Å². The molecule has 0 unspecified atom stereocenters. The van der Waals surface area contributed by atoms with E-state index in [0.717, 1.165) is 38.6 Å². The molecule has 2 aliphatic rings. The van der Waals surface area contributed by atoms with Crippen molar-refractivity contribution in [3.63, 3.8) is 0 Å². The van der Waals surface area contributed by atoms with Crippen LogP contribution in [-0.4, -0.2) is 56.8 Å². The third-order valence-corrected chi connectivity index (χ3v) is 4.65. The minimum Gasteiger partial charge on any atom is -0.365 e. The molecule has 0 radical (unpaired) electrons. The minimum atomic E-state index is -0.641. The summed E-state index contributed by atoms with van der Waals surface area (Å²) in [5.41, 5.74) is 5.18. The third kappa shape index (κ3) is 3.36. The van der Waals surface area contributed by atoms with Crippen LogP contribution >= 0.6 is 0 Å². The molecule has 0 spiro atoms. The van der Waals surface area contributed by atoms with Gasteiger partial charge in [0.15, 0.2) is 0 Å². The lowest BCUT2D eigenvalue weighted by Gasteiger charge is -2.34. The average molecular weight is 321 g/mol. The van der Waals surface area contributed by atoms with Crippen molar-refractivity contribution >= 4 is 11.8 Å². The molecule has 8 heteroatoms. The van der Waals surface area contributed by atoms with Gasteiger partial charge in [-0.3, -0.25) is 9.59 Å². The van der Waals surface area contributed by atoms with Gasteiger partial charge >= 0.3 is 0 Å². The highest BCUT2D eigenvalue weighted by Gasteiger charge is 2.35. The molecule has 3 atom stereocenters. The fraction of sp³-hybridized carbons (Fsp3) is 0.733. The Morgan fingerprint density at radius 2 is 2.22 bits per heavy atom. The van der Waals surface area contributed by atoms with Crippen LogP contribution < -0.4 is 5.73 Å². The molecule has 0 aromatic carbocycles. The molecule has 2 aliphatic heterocycles. The van der Waals surface area contributed by atoms with Crippen molar-refractivity contribution < 1.29 is 14.3 Å². The molecule has 3 rings (SSSR count). The molecular formula is C15H23N5O3. The summed E-state index contributed by atoms with van der Waals surface area (Å²) in [5, 5.41) is 4.11. The standard InChI is InChI=1S/C15H23N5O3/c1-2-11-5-6-12(23-11)15(22)19-7-3-4-10(8-19)20-9-17-14(18-20)13(16)21/h9-12H,2-8H2,1H3,(H2,16,21)/t10-,11+,12-/m0/s1. The van der Waals surface area contributed by atoms with E-state index in [4.69, 9.17) is 10.5 Å². The van der Waals surface area contributed by atoms with Gasteiger partial charge in [-0.25, -0.2) is 9.67 Å². The van der Waals surface area contributed by atoms with Crippen molar-refractivity contribution in [1.82, 2.24) is 19.7 Å². The topological polar surface area (TPSA) is 103 Å². The zero-order chi connectivity index (χ0) is 16.4. The Morgan fingerprint density at radius 1 is 1.39 bits per heavy atom. The number of carbonyl (C=O) groups excluding carboxylic acids is 2. The molecule has 0 saturated carbocycles. The quantitative estimate of drug-likeness (QED) is 0.869. The number of piperidine rings is 1. The number of nitrogens with two attached hydrogens (primary N) is 1. The Hall–Kier alpha value is -1.96. The summed E-state index contributed by atoms with van der Waals surface area (Å²) >= 11 is 0. The average Bonchev–Trinajstić information content (AvgIpc) is 3.23. The highest BCUT2D eigenvalue weighted by molar-refractivity contribution is 5.88. The van der Waals surface area contributed by atoms with Crippen molar-refractivity contribution in [1.29, 1.82) is 0 Å². The molecule has 0 aliphatic carbocycles. The van der Waals surface area contributed by atoms with Crippen molar-refractivity contribution in [3.05, 3.63) is 12.2 Å². The number of primary amides is 1. The number of nitrogens with zero attached hydrogens (tertiary/aromatic N) is 4. The summed E-state index contributed by atoms with van der Waals surface area (Å²) in [7, 11) is 0. The number of rotatable bonds is 4. The van der Waals surface area contributed by atoms with E-state index in [1.165, 1.54) is 6.33 Å². The number of likely N-dealkylation sites (tertiary alicyclic amines) is 1. The van der Waals surface area contributed by atoms with Crippen LogP contribution in [0.15, 0.2) is 6.33 Å². The first-order chi connectivity index (χ1) is 11.1. The number of hydrogen-bond donors (Lipinski definition) is 1. The van der Waals surface area contributed by atoms with Gasteiger partial charge in [-0.2, -0.15) is 0 Å². The maximum Gasteiger partial charge on any atom is 0.288 e. The Bertz CT molecular complexity index is 587. The first-order valence-electron chi connectivity index (χ1n) is 8.23. The first-order valence-corrected chi connectivity index (χ1v) is 8.23. The van der Waals surface area contributed by atoms with E-state index in [1.54, 1.807) is 4.68 Å². The zero-order valence-electron chi connectivity index (χ0n) is 13.4. The van der Waals surface area contributed by atoms with Gasteiger partial charge in [0.25, 0.3) is 11.8 Å². The van der Waals surface area contributed by atoms with Crippen LogP contribution in [0.2, 0.25) is 0 Å². The number of hydrogen-bond acceptors (Lipinski definition) is 5. The molecule has 1 aromatic rings. The van der Waals surface area contributed by atoms with Crippen molar-refractivity contribution in [3.8, 4) is 0 Å². The van der Waals surface area contributed by atoms with E-state index in [2.05, 4.69) is 17.0 Å². The second kappa shape index (κ2) is 6.66. The highest BCUT2D eigenvalue weighted by Crippen LogP contribution is 2.26. The molecule has 8 nitrogen and oxygen atoms in total. The Morgan fingerprint density at radius 3 is 2.87 bits per heavy atom. The van der Waals surface area contributed by atoms with Gasteiger partial charge in [0.2, 0.25) is 5.82 Å². The molecule has 126 valence electrons. The van der Waals surface area contributed by atoms with Gasteiger partial charge in [-0.05, 0) is 32.1 Å². The minimum absolute atomic E-state index is 0.0124. The molecule has 2 fully saturated rings. The van der Waals surface area contributed by atoms with Crippen LogP contribution in [0.3, 0.4) is 0 Å². The first kappa shape index (κ1) is 15.9. The molecule has 23 heavy (non-hydrogen) atoms. The monoisotopic (exact) mass is 321 g/mol. The maximum absolute atomic E-state index is 12.6. The number of carbonyl (C=O) groups is 2. The smallest absolute Gasteiger partial charge is 0.288 e. The number of amides is 2. The zero-order valence-corrected chi connectivity index (χ0v) is 13.4. The van der Waals surface area contributed by atoms with E-state index in [-0.39, 0.29) is 30.0 Å². The molecule has 0 bridgehead atoms. The largest absolute Gasteiger partial charge is 0.365 e. The predicted octanol–water partition coefficient (Wildman–Crippen LogP) is 0.498. The fourth-order valence-corrected chi connectivity index (χ4v) is 3.33.